The molecule has 2 rings (SSSR count). The van der Waals surface area contributed by atoms with Crippen molar-refractivity contribution in [2.24, 2.45) is 0 Å². The number of rotatable bonds is 4. The summed E-state index contributed by atoms with van der Waals surface area (Å²) in [6.07, 6.45) is 4.97. The van der Waals surface area contributed by atoms with Crippen molar-refractivity contribution in [3.63, 3.8) is 0 Å². The summed E-state index contributed by atoms with van der Waals surface area (Å²) in [4.78, 5) is 15.8. The molecule has 1 aromatic rings. The van der Waals surface area contributed by atoms with Gasteiger partial charge in [-0.15, -0.1) is 11.3 Å². The zero-order valence-corrected chi connectivity index (χ0v) is 12.7. The molecule has 1 aromatic heterocycles. The van der Waals surface area contributed by atoms with Gasteiger partial charge in [0.05, 0.1) is 5.54 Å². The second-order valence-electron chi connectivity index (χ2n) is 4.96. The highest BCUT2D eigenvalue weighted by Crippen LogP contribution is 2.36. The van der Waals surface area contributed by atoms with Crippen molar-refractivity contribution < 1.29 is 4.79 Å². The summed E-state index contributed by atoms with van der Waals surface area (Å²) in [5, 5.41) is 2.04. The summed E-state index contributed by atoms with van der Waals surface area (Å²) in [7, 11) is 4.07. The van der Waals surface area contributed by atoms with Crippen LogP contribution in [0.25, 0.3) is 0 Å². The van der Waals surface area contributed by atoms with Crippen molar-refractivity contribution in [3.05, 3.63) is 20.8 Å². The molecule has 1 aliphatic carbocycles. The van der Waals surface area contributed by atoms with E-state index >= 15 is 0 Å². The Hall–Kier alpha value is -0.190. The second-order valence-corrected chi connectivity index (χ2v) is 6.88. The summed E-state index contributed by atoms with van der Waals surface area (Å²) in [5.41, 5.74) is -0.198. The van der Waals surface area contributed by atoms with Crippen molar-refractivity contribution in [2.75, 3.05) is 14.1 Å². The molecular weight excluding hydrogens is 298 g/mol. The van der Waals surface area contributed by atoms with Crippen LogP contribution in [-0.4, -0.2) is 30.3 Å². The van der Waals surface area contributed by atoms with Gasteiger partial charge in [-0.05, 0) is 48.9 Å². The monoisotopic (exact) mass is 315 g/mol. The molecule has 0 aromatic carbocycles. The molecule has 0 N–H and O–H groups in total. The quantitative estimate of drug-likeness (QED) is 0.847. The van der Waals surface area contributed by atoms with Crippen LogP contribution in [0.3, 0.4) is 0 Å². The molecule has 1 aliphatic rings. The Morgan fingerprint density at radius 2 is 2.12 bits per heavy atom. The Bertz CT molecular complexity index is 407. The van der Waals surface area contributed by atoms with Crippen molar-refractivity contribution in [1.82, 2.24) is 4.90 Å². The molecule has 94 valence electrons. The molecule has 1 saturated carbocycles. The maximum Gasteiger partial charge on any atom is 0.158 e. The maximum atomic E-state index is 12.5. The lowest BCUT2D eigenvalue weighted by atomic mass is 9.88. The van der Waals surface area contributed by atoms with Crippen LogP contribution in [0.5, 0.6) is 0 Å². The highest BCUT2D eigenvalue weighted by molar-refractivity contribution is 9.10. The van der Waals surface area contributed by atoms with E-state index in [0.29, 0.717) is 12.2 Å². The minimum atomic E-state index is -0.198. The molecule has 2 nitrogen and oxygen atoms in total. The Labute approximate surface area is 115 Å². The summed E-state index contributed by atoms with van der Waals surface area (Å²) in [6, 6.07) is 2.06. The number of carbonyl (C=O) groups excluding carboxylic acids is 1. The van der Waals surface area contributed by atoms with Gasteiger partial charge in [-0.1, -0.05) is 12.8 Å². The topological polar surface area (TPSA) is 20.3 Å². The van der Waals surface area contributed by atoms with E-state index < -0.39 is 0 Å². The van der Waals surface area contributed by atoms with E-state index in [1.165, 1.54) is 12.8 Å². The molecule has 17 heavy (non-hydrogen) atoms. The summed E-state index contributed by atoms with van der Waals surface area (Å²) >= 11 is 5.10. The summed E-state index contributed by atoms with van der Waals surface area (Å²) < 4.78 is 1.08. The number of Topliss-reactive ketones (excluding diaryl/α,β-unsaturated/α-hetero) is 1. The molecule has 0 radical (unpaired) electrons. The predicted octanol–water partition coefficient (Wildman–Crippen LogP) is 3.50. The third kappa shape index (κ3) is 2.64. The Balaban J connectivity index is 2.12. The summed E-state index contributed by atoms with van der Waals surface area (Å²) in [5.74, 6) is 0.384. The minimum Gasteiger partial charge on any atom is -0.297 e. The van der Waals surface area contributed by atoms with E-state index in [2.05, 4.69) is 26.9 Å². The standard InChI is InChI=1S/C13H18BrNOS/c1-15(2)13(5-3-4-6-13)12(16)8-11-7-10(14)9-17-11/h7,9H,3-6,8H2,1-2H3. The lowest BCUT2D eigenvalue weighted by molar-refractivity contribution is -0.128. The first-order valence-electron chi connectivity index (χ1n) is 5.98. The summed E-state index contributed by atoms with van der Waals surface area (Å²) in [6.45, 7) is 0. The van der Waals surface area contributed by atoms with Crippen LogP contribution < -0.4 is 0 Å². The number of likely N-dealkylation sites (N-methyl/N-ethyl adjacent to an activating group) is 1. The largest absolute Gasteiger partial charge is 0.297 e. The van der Waals surface area contributed by atoms with E-state index in [1.54, 1.807) is 11.3 Å². The Kier molecular flexibility index (Phi) is 4.06. The molecule has 0 unspecified atom stereocenters. The number of halogens is 1. The average molecular weight is 316 g/mol. The first-order chi connectivity index (χ1) is 8.04. The molecule has 0 aliphatic heterocycles. The molecule has 1 heterocycles. The fourth-order valence-corrected chi connectivity index (χ4v) is 4.15. The van der Waals surface area contributed by atoms with Crippen LogP contribution in [0.4, 0.5) is 0 Å². The molecule has 0 saturated heterocycles. The number of carbonyl (C=O) groups is 1. The number of hydrogen-bond acceptors (Lipinski definition) is 3. The van der Waals surface area contributed by atoms with Crippen LogP contribution in [0.2, 0.25) is 0 Å². The fourth-order valence-electron chi connectivity index (χ4n) is 2.70. The van der Waals surface area contributed by atoms with Crippen LogP contribution in [0.15, 0.2) is 15.9 Å². The maximum absolute atomic E-state index is 12.5. The average Bonchev–Trinajstić information content (AvgIpc) is 2.87. The highest BCUT2D eigenvalue weighted by atomic mass is 79.9. The van der Waals surface area contributed by atoms with Crippen molar-refractivity contribution in [2.45, 2.75) is 37.6 Å². The van der Waals surface area contributed by atoms with E-state index in [1.807, 2.05) is 19.5 Å². The van der Waals surface area contributed by atoms with E-state index in [4.69, 9.17) is 0 Å². The van der Waals surface area contributed by atoms with Crippen LogP contribution in [0.1, 0.15) is 30.6 Å². The van der Waals surface area contributed by atoms with Crippen LogP contribution >= 0.6 is 27.3 Å². The van der Waals surface area contributed by atoms with E-state index in [-0.39, 0.29) is 5.54 Å². The second kappa shape index (κ2) is 5.21. The smallest absolute Gasteiger partial charge is 0.158 e. The van der Waals surface area contributed by atoms with Gasteiger partial charge in [0.15, 0.2) is 5.78 Å². The zero-order chi connectivity index (χ0) is 12.5. The van der Waals surface area contributed by atoms with Gasteiger partial charge in [-0.25, -0.2) is 0 Å². The van der Waals surface area contributed by atoms with Gasteiger partial charge in [-0.2, -0.15) is 0 Å². The van der Waals surface area contributed by atoms with Crippen molar-refractivity contribution in [1.29, 1.82) is 0 Å². The number of thiophene rings is 1. The third-order valence-electron chi connectivity index (χ3n) is 3.76. The SMILES string of the molecule is CN(C)C1(C(=O)Cc2cc(Br)cs2)CCCC1. The van der Waals surface area contributed by atoms with Crippen molar-refractivity contribution >= 4 is 33.0 Å². The van der Waals surface area contributed by atoms with Crippen LogP contribution in [0, 0.1) is 0 Å². The fraction of sp³-hybridized carbons (Fsp3) is 0.615. The third-order valence-corrected chi connectivity index (χ3v) is 5.46. The molecule has 0 atom stereocenters. The van der Waals surface area contributed by atoms with Gasteiger partial charge in [0.1, 0.15) is 0 Å². The van der Waals surface area contributed by atoms with Crippen molar-refractivity contribution in [3.8, 4) is 0 Å². The normalized spacial score (nSPS) is 18.8. The van der Waals surface area contributed by atoms with Gasteiger partial charge >= 0.3 is 0 Å². The van der Waals surface area contributed by atoms with Gasteiger partial charge in [0.2, 0.25) is 0 Å². The Morgan fingerprint density at radius 3 is 2.59 bits per heavy atom. The number of nitrogens with zero attached hydrogens (tertiary/aromatic N) is 1. The number of hydrogen-bond donors (Lipinski definition) is 0. The number of ketones is 1. The molecule has 0 amide bonds. The van der Waals surface area contributed by atoms with Gasteiger partial charge in [0.25, 0.3) is 0 Å². The molecule has 0 spiro atoms. The van der Waals surface area contributed by atoms with Crippen LogP contribution in [-0.2, 0) is 11.2 Å². The lowest BCUT2D eigenvalue weighted by Gasteiger charge is -2.34. The molecule has 1 fully saturated rings. The van der Waals surface area contributed by atoms with E-state index in [9.17, 15) is 4.79 Å². The molecular formula is C13H18BrNOS. The first kappa shape index (κ1) is 13.2. The predicted molar refractivity (Wildman–Crippen MR) is 75.6 cm³/mol. The molecule has 4 heteroatoms. The highest BCUT2D eigenvalue weighted by Gasteiger charge is 2.42. The molecule has 0 bridgehead atoms. The van der Waals surface area contributed by atoms with Gasteiger partial charge in [0, 0.05) is 21.2 Å². The van der Waals surface area contributed by atoms with Gasteiger partial charge < -0.3 is 0 Å². The van der Waals surface area contributed by atoms with E-state index in [0.717, 1.165) is 22.2 Å². The zero-order valence-electron chi connectivity index (χ0n) is 10.3. The van der Waals surface area contributed by atoms with Gasteiger partial charge in [-0.3, -0.25) is 9.69 Å². The Morgan fingerprint density at radius 1 is 1.47 bits per heavy atom. The minimum absolute atomic E-state index is 0.198. The first-order valence-corrected chi connectivity index (χ1v) is 7.65. The lowest BCUT2D eigenvalue weighted by Crippen LogP contribution is -2.49.